The van der Waals surface area contributed by atoms with Crippen molar-refractivity contribution in [3.8, 4) is 0 Å². The third kappa shape index (κ3) is 3.10. The zero-order chi connectivity index (χ0) is 13.8. The molecule has 19 heavy (non-hydrogen) atoms. The number of aromatic nitrogens is 1. The predicted molar refractivity (Wildman–Crippen MR) is 78.5 cm³/mol. The van der Waals surface area contributed by atoms with Crippen LogP contribution in [0.25, 0.3) is 0 Å². The third-order valence-electron chi connectivity index (χ3n) is 2.98. The van der Waals surface area contributed by atoms with Crippen LogP contribution in [0, 0.1) is 12.3 Å². The van der Waals surface area contributed by atoms with E-state index in [-0.39, 0.29) is 5.84 Å². The molecule has 0 saturated carbocycles. The highest BCUT2D eigenvalue weighted by Crippen LogP contribution is 2.21. The lowest BCUT2D eigenvalue weighted by atomic mass is 10.1. The monoisotopic (exact) mass is 254 g/mol. The van der Waals surface area contributed by atoms with Crippen LogP contribution in [0.4, 0.5) is 5.69 Å². The largest absolute Gasteiger partial charge is 0.384 e. The summed E-state index contributed by atoms with van der Waals surface area (Å²) in [6.45, 7) is 2.68. The van der Waals surface area contributed by atoms with Crippen molar-refractivity contribution in [1.29, 1.82) is 5.41 Å². The van der Waals surface area contributed by atoms with Gasteiger partial charge in [-0.1, -0.05) is 17.7 Å². The van der Waals surface area contributed by atoms with E-state index < -0.39 is 0 Å². The summed E-state index contributed by atoms with van der Waals surface area (Å²) in [7, 11) is 1.98. The topological polar surface area (TPSA) is 66.0 Å². The minimum atomic E-state index is 0.0894. The van der Waals surface area contributed by atoms with Crippen LogP contribution in [0.1, 0.15) is 16.8 Å². The molecule has 4 nitrogen and oxygen atoms in total. The lowest BCUT2D eigenvalue weighted by Gasteiger charge is -2.22. The third-order valence-corrected chi connectivity index (χ3v) is 2.98. The molecule has 2 aromatic rings. The number of nitrogen functional groups attached to an aromatic ring is 1. The summed E-state index contributed by atoms with van der Waals surface area (Å²) in [5.74, 6) is 0.0894. The summed E-state index contributed by atoms with van der Waals surface area (Å²) >= 11 is 0. The Labute approximate surface area is 113 Å². The smallest absolute Gasteiger partial charge is 0.124 e. The number of nitrogens with zero attached hydrogens (tertiary/aromatic N) is 2. The normalized spacial score (nSPS) is 10.2. The Morgan fingerprint density at radius 2 is 2.11 bits per heavy atom. The molecule has 0 spiro atoms. The molecule has 0 aliphatic carbocycles. The van der Waals surface area contributed by atoms with Gasteiger partial charge in [0.15, 0.2) is 0 Å². The summed E-state index contributed by atoms with van der Waals surface area (Å²) in [4.78, 5) is 6.36. The molecule has 0 bridgehead atoms. The van der Waals surface area contributed by atoms with E-state index in [9.17, 15) is 0 Å². The van der Waals surface area contributed by atoms with Gasteiger partial charge in [0.25, 0.3) is 0 Å². The maximum absolute atomic E-state index is 7.68. The van der Waals surface area contributed by atoms with Crippen molar-refractivity contribution in [1.82, 2.24) is 4.98 Å². The summed E-state index contributed by atoms with van der Waals surface area (Å²) < 4.78 is 0. The minimum Gasteiger partial charge on any atom is -0.384 e. The van der Waals surface area contributed by atoms with Crippen molar-refractivity contribution in [2.75, 3.05) is 11.9 Å². The van der Waals surface area contributed by atoms with Crippen LogP contribution < -0.4 is 10.6 Å². The average Bonchev–Trinajstić information content (AvgIpc) is 2.39. The van der Waals surface area contributed by atoms with Crippen LogP contribution in [0.3, 0.4) is 0 Å². The van der Waals surface area contributed by atoms with Gasteiger partial charge in [0.1, 0.15) is 5.84 Å². The van der Waals surface area contributed by atoms with Gasteiger partial charge in [-0.25, -0.2) is 0 Å². The number of hydrogen-bond donors (Lipinski definition) is 2. The Kier molecular flexibility index (Phi) is 3.80. The quantitative estimate of drug-likeness (QED) is 0.650. The molecule has 1 heterocycles. The molecule has 0 saturated heterocycles. The Bertz CT molecular complexity index is 578. The standard InChI is InChI=1S/C15H18N4/c1-11-6-7-14(13(9-11)15(16)17)19(2)10-12-5-3-4-8-18-12/h3-9H,10H2,1-2H3,(H3,16,17). The molecule has 1 aromatic heterocycles. The number of nitrogens with two attached hydrogens (primary N) is 1. The summed E-state index contributed by atoms with van der Waals surface area (Å²) in [5.41, 5.74) is 9.45. The highest BCUT2D eigenvalue weighted by atomic mass is 15.1. The van der Waals surface area contributed by atoms with Gasteiger partial charge in [-0.15, -0.1) is 0 Å². The summed E-state index contributed by atoms with van der Waals surface area (Å²) in [5, 5.41) is 7.68. The predicted octanol–water partition coefficient (Wildman–Crippen LogP) is 2.31. The van der Waals surface area contributed by atoms with E-state index in [2.05, 4.69) is 9.88 Å². The number of pyridine rings is 1. The second-order valence-corrected chi connectivity index (χ2v) is 4.61. The first-order valence-electron chi connectivity index (χ1n) is 6.14. The van der Waals surface area contributed by atoms with Crippen molar-refractivity contribution >= 4 is 11.5 Å². The van der Waals surface area contributed by atoms with E-state index in [1.807, 2.05) is 50.4 Å². The molecule has 4 heteroatoms. The number of nitrogens with one attached hydrogen (secondary N) is 1. The van der Waals surface area contributed by atoms with Crippen LogP contribution in [0.2, 0.25) is 0 Å². The van der Waals surface area contributed by atoms with Gasteiger partial charge in [-0.3, -0.25) is 10.4 Å². The van der Waals surface area contributed by atoms with Gasteiger partial charge >= 0.3 is 0 Å². The van der Waals surface area contributed by atoms with Crippen molar-refractivity contribution < 1.29 is 0 Å². The van der Waals surface area contributed by atoms with Crippen LogP contribution in [0.15, 0.2) is 42.6 Å². The number of benzene rings is 1. The van der Waals surface area contributed by atoms with Crippen LogP contribution in [-0.4, -0.2) is 17.9 Å². The molecule has 3 N–H and O–H groups in total. The number of aryl methyl sites for hydroxylation is 1. The van der Waals surface area contributed by atoms with E-state index in [1.54, 1.807) is 6.20 Å². The first-order valence-corrected chi connectivity index (χ1v) is 6.14. The van der Waals surface area contributed by atoms with Gasteiger partial charge in [0, 0.05) is 24.5 Å². The molecule has 98 valence electrons. The van der Waals surface area contributed by atoms with Gasteiger partial charge in [-0.2, -0.15) is 0 Å². The zero-order valence-corrected chi connectivity index (χ0v) is 11.2. The van der Waals surface area contributed by atoms with Gasteiger partial charge in [-0.05, 0) is 31.2 Å². The fraction of sp³-hybridized carbons (Fsp3) is 0.200. The fourth-order valence-electron chi connectivity index (χ4n) is 2.02. The van der Waals surface area contributed by atoms with Crippen LogP contribution in [0.5, 0.6) is 0 Å². The number of amidine groups is 1. The first-order chi connectivity index (χ1) is 9.08. The summed E-state index contributed by atoms with van der Waals surface area (Å²) in [6.07, 6.45) is 1.78. The highest BCUT2D eigenvalue weighted by Gasteiger charge is 2.10. The molecule has 0 amide bonds. The average molecular weight is 254 g/mol. The van der Waals surface area contributed by atoms with E-state index in [4.69, 9.17) is 11.1 Å². The number of rotatable bonds is 4. The molecule has 1 aromatic carbocycles. The van der Waals surface area contributed by atoms with E-state index in [1.165, 1.54) is 0 Å². The fourth-order valence-corrected chi connectivity index (χ4v) is 2.02. The minimum absolute atomic E-state index is 0.0894. The van der Waals surface area contributed by atoms with Crippen molar-refractivity contribution in [3.63, 3.8) is 0 Å². The van der Waals surface area contributed by atoms with Gasteiger partial charge < -0.3 is 10.6 Å². The maximum atomic E-state index is 7.68. The van der Waals surface area contributed by atoms with Crippen molar-refractivity contribution in [3.05, 3.63) is 59.4 Å². The SMILES string of the molecule is Cc1ccc(N(C)Cc2ccccn2)c(C(=N)N)c1. The first kappa shape index (κ1) is 13.1. The maximum Gasteiger partial charge on any atom is 0.124 e. The molecular formula is C15H18N4. The highest BCUT2D eigenvalue weighted by molar-refractivity contribution is 6.00. The Morgan fingerprint density at radius 3 is 2.74 bits per heavy atom. The lowest BCUT2D eigenvalue weighted by molar-refractivity contribution is 0.883. The van der Waals surface area contributed by atoms with Gasteiger partial charge in [0.2, 0.25) is 0 Å². The number of hydrogen-bond acceptors (Lipinski definition) is 3. The van der Waals surface area contributed by atoms with Crippen LogP contribution >= 0.6 is 0 Å². The molecule has 0 fully saturated rings. The zero-order valence-electron chi connectivity index (χ0n) is 11.2. The number of anilines is 1. The Hall–Kier alpha value is -2.36. The molecule has 0 radical (unpaired) electrons. The molecule has 2 rings (SSSR count). The van der Waals surface area contributed by atoms with E-state index in [0.29, 0.717) is 6.54 Å². The molecule has 0 atom stereocenters. The molecule has 0 unspecified atom stereocenters. The molecule has 0 aliphatic heterocycles. The van der Waals surface area contributed by atoms with Gasteiger partial charge in [0.05, 0.1) is 12.2 Å². The van der Waals surface area contributed by atoms with Crippen molar-refractivity contribution in [2.45, 2.75) is 13.5 Å². The van der Waals surface area contributed by atoms with E-state index in [0.717, 1.165) is 22.5 Å². The van der Waals surface area contributed by atoms with E-state index >= 15 is 0 Å². The summed E-state index contributed by atoms with van der Waals surface area (Å²) in [6, 6.07) is 11.8. The second-order valence-electron chi connectivity index (χ2n) is 4.61. The Balaban J connectivity index is 2.28. The Morgan fingerprint density at radius 1 is 1.32 bits per heavy atom. The van der Waals surface area contributed by atoms with Crippen LogP contribution in [-0.2, 0) is 6.54 Å². The second kappa shape index (κ2) is 5.52. The van der Waals surface area contributed by atoms with Crippen molar-refractivity contribution in [2.24, 2.45) is 5.73 Å². The molecular weight excluding hydrogens is 236 g/mol. The molecule has 0 aliphatic rings. The lowest BCUT2D eigenvalue weighted by Crippen LogP contribution is -2.22.